The second-order valence-corrected chi connectivity index (χ2v) is 7.22. The van der Waals surface area contributed by atoms with Crippen LogP contribution in [0.3, 0.4) is 0 Å². The lowest BCUT2D eigenvalue weighted by molar-refractivity contribution is -0.131. The largest absolute Gasteiger partial charge is 0.355 e. The van der Waals surface area contributed by atoms with Crippen molar-refractivity contribution >= 4 is 5.91 Å². The smallest absolute Gasteiger partial charge is 0.227 e. The molecule has 0 bridgehead atoms. The summed E-state index contributed by atoms with van der Waals surface area (Å²) in [6.07, 6.45) is 9.39. The van der Waals surface area contributed by atoms with Crippen LogP contribution in [-0.2, 0) is 4.79 Å². The summed E-state index contributed by atoms with van der Waals surface area (Å²) in [6.45, 7) is 7.09. The summed E-state index contributed by atoms with van der Waals surface area (Å²) in [5.74, 6) is 0.729. The van der Waals surface area contributed by atoms with E-state index in [1.807, 2.05) is 0 Å². The average molecular weight is 295 g/mol. The lowest BCUT2D eigenvalue weighted by atomic mass is 9.79. The minimum Gasteiger partial charge on any atom is -0.355 e. The first-order chi connectivity index (χ1) is 10.2. The molecular formula is C17H33N3O. The van der Waals surface area contributed by atoms with Gasteiger partial charge in [0, 0.05) is 19.6 Å². The minimum atomic E-state index is -0.288. The maximum Gasteiger partial charge on any atom is 0.227 e. The van der Waals surface area contributed by atoms with Crippen LogP contribution >= 0.6 is 0 Å². The Morgan fingerprint density at radius 2 is 1.76 bits per heavy atom. The molecule has 2 aliphatic rings. The molecule has 2 fully saturated rings. The van der Waals surface area contributed by atoms with Gasteiger partial charge in [0.2, 0.25) is 5.91 Å². The van der Waals surface area contributed by atoms with E-state index in [9.17, 15) is 4.79 Å². The Balaban J connectivity index is 1.78. The summed E-state index contributed by atoms with van der Waals surface area (Å²) < 4.78 is 0. The predicted molar refractivity (Wildman–Crippen MR) is 87.0 cm³/mol. The third-order valence-corrected chi connectivity index (χ3v) is 5.31. The fourth-order valence-electron chi connectivity index (χ4n) is 3.85. The Hall–Kier alpha value is -0.610. The Morgan fingerprint density at radius 3 is 2.33 bits per heavy atom. The van der Waals surface area contributed by atoms with Crippen molar-refractivity contribution in [2.24, 2.45) is 17.1 Å². The standard InChI is InChI=1S/C17H33N3O/c1-15(13-20-10-6-7-11-20)12-19-16(21)17(14-18)8-4-2-3-5-9-17/h15H,2-14,18H2,1H3,(H,19,21). The average Bonchev–Trinajstić information content (AvgIpc) is 2.87. The van der Waals surface area contributed by atoms with Gasteiger partial charge >= 0.3 is 0 Å². The zero-order chi connectivity index (χ0) is 15.1. The van der Waals surface area contributed by atoms with Crippen LogP contribution in [0.4, 0.5) is 0 Å². The third kappa shape index (κ3) is 4.68. The summed E-state index contributed by atoms with van der Waals surface area (Å²) >= 11 is 0. The molecule has 1 saturated heterocycles. The molecule has 1 saturated carbocycles. The molecule has 4 heteroatoms. The number of hydrogen-bond donors (Lipinski definition) is 2. The van der Waals surface area contributed by atoms with E-state index in [0.29, 0.717) is 12.5 Å². The molecule has 1 unspecified atom stereocenters. The summed E-state index contributed by atoms with van der Waals surface area (Å²) in [6, 6.07) is 0. The monoisotopic (exact) mass is 295 g/mol. The number of likely N-dealkylation sites (tertiary alicyclic amines) is 1. The van der Waals surface area contributed by atoms with Gasteiger partial charge in [-0.15, -0.1) is 0 Å². The van der Waals surface area contributed by atoms with Crippen molar-refractivity contribution in [3.8, 4) is 0 Å². The van der Waals surface area contributed by atoms with Crippen molar-refractivity contribution in [1.29, 1.82) is 0 Å². The number of nitrogens with one attached hydrogen (secondary N) is 1. The first-order valence-electron chi connectivity index (χ1n) is 8.87. The molecule has 3 N–H and O–H groups in total. The topological polar surface area (TPSA) is 58.4 Å². The molecule has 4 nitrogen and oxygen atoms in total. The molecular weight excluding hydrogens is 262 g/mol. The molecule has 2 rings (SSSR count). The molecule has 21 heavy (non-hydrogen) atoms. The van der Waals surface area contributed by atoms with Gasteiger partial charge in [-0.05, 0) is 44.7 Å². The molecule has 1 aliphatic carbocycles. The van der Waals surface area contributed by atoms with Crippen LogP contribution in [0.1, 0.15) is 58.3 Å². The number of nitrogens with zero attached hydrogens (tertiary/aromatic N) is 1. The molecule has 0 aromatic rings. The van der Waals surface area contributed by atoms with Gasteiger partial charge in [0.15, 0.2) is 0 Å². The van der Waals surface area contributed by atoms with Gasteiger partial charge in [-0.2, -0.15) is 0 Å². The van der Waals surface area contributed by atoms with Crippen molar-refractivity contribution in [2.45, 2.75) is 58.3 Å². The number of hydrogen-bond acceptors (Lipinski definition) is 3. The molecule has 0 aromatic heterocycles. The second kappa shape index (κ2) is 8.14. The number of nitrogens with two attached hydrogens (primary N) is 1. The highest BCUT2D eigenvalue weighted by atomic mass is 16.2. The third-order valence-electron chi connectivity index (χ3n) is 5.31. The van der Waals surface area contributed by atoms with Gasteiger partial charge < -0.3 is 16.0 Å². The van der Waals surface area contributed by atoms with Gasteiger partial charge in [0.25, 0.3) is 0 Å². The van der Waals surface area contributed by atoms with E-state index in [0.717, 1.165) is 38.8 Å². The van der Waals surface area contributed by atoms with Gasteiger partial charge in [0.1, 0.15) is 0 Å². The Labute approximate surface area is 129 Å². The number of carbonyl (C=O) groups excluding carboxylic acids is 1. The van der Waals surface area contributed by atoms with Crippen LogP contribution < -0.4 is 11.1 Å². The van der Waals surface area contributed by atoms with Crippen LogP contribution in [0.25, 0.3) is 0 Å². The number of amides is 1. The van der Waals surface area contributed by atoms with Gasteiger partial charge in [-0.1, -0.05) is 32.6 Å². The summed E-state index contributed by atoms with van der Waals surface area (Å²) in [5.41, 5.74) is 5.69. The fourth-order valence-corrected chi connectivity index (χ4v) is 3.85. The molecule has 0 spiro atoms. The van der Waals surface area contributed by atoms with Crippen molar-refractivity contribution in [1.82, 2.24) is 10.2 Å². The Bertz CT molecular complexity index is 318. The molecule has 1 atom stereocenters. The lowest BCUT2D eigenvalue weighted by Crippen LogP contribution is -2.47. The summed E-state index contributed by atoms with van der Waals surface area (Å²) in [7, 11) is 0. The van der Waals surface area contributed by atoms with Gasteiger partial charge in [-0.3, -0.25) is 4.79 Å². The van der Waals surface area contributed by atoms with E-state index >= 15 is 0 Å². The van der Waals surface area contributed by atoms with E-state index in [4.69, 9.17) is 5.73 Å². The van der Waals surface area contributed by atoms with Gasteiger partial charge in [0.05, 0.1) is 5.41 Å². The highest BCUT2D eigenvalue weighted by Crippen LogP contribution is 2.34. The van der Waals surface area contributed by atoms with E-state index in [1.165, 1.54) is 38.8 Å². The first-order valence-corrected chi connectivity index (χ1v) is 8.87. The summed E-state index contributed by atoms with van der Waals surface area (Å²) in [4.78, 5) is 15.2. The maximum absolute atomic E-state index is 12.6. The fraction of sp³-hybridized carbons (Fsp3) is 0.941. The second-order valence-electron chi connectivity index (χ2n) is 7.22. The van der Waals surface area contributed by atoms with Crippen molar-refractivity contribution in [3.63, 3.8) is 0 Å². The van der Waals surface area contributed by atoms with E-state index in [2.05, 4.69) is 17.1 Å². The first kappa shape index (κ1) is 16.8. The molecule has 1 heterocycles. The lowest BCUT2D eigenvalue weighted by Gasteiger charge is -2.31. The number of carbonyl (C=O) groups is 1. The Morgan fingerprint density at radius 1 is 1.14 bits per heavy atom. The van der Waals surface area contributed by atoms with E-state index < -0.39 is 0 Å². The molecule has 1 aliphatic heterocycles. The molecule has 1 amide bonds. The number of rotatable bonds is 6. The van der Waals surface area contributed by atoms with Crippen LogP contribution in [0.15, 0.2) is 0 Å². The molecule has 122 valence electrons. The van der Waals surface area contributed by atoms with Crippen LogP contribution in [-0.4, -0.2) is 43.5 Å². The van der Waals surface area contributed by atoms with Crippen molar-refractivity contribution < 1.29 is 4.79 Å². The van der Waals surface area contributed by atoms with Crippen LogP contribution in [0, 0.1) is 11.3 Å². The SMILES string of the molecule is CC(CNC(=O)C1(CN)CCCCCC1)CN1CCCC1. The highest BCUT2D eigenvalue weighted by Gasteiger charge is 2.37. The van der Waals surface area contributed by atoms with Crippen molar-refractivity contribution in [3.05, 3.63) is 0 Å². The zero-order valence-electron chi connectivity index (χ0n) is 13.7. The highest BCUT2D eigenvalue weighted by molar-refractivity contribution is 5.82. The maximum atomic E-state index is 12.6. The van der Waals surface area contributed by atoms with Crippen molar-refractivity contribution in [2.75, 3.05) is 32.7 Å². The zero-order valence-corrected chi connectivity index (χ0v) is 13.7. The predicted octanol–water partition coefficient (Wildman–Crippen LogP) is 2.13. The quantitative estimate of drug-likeness (QED) is 0.738. The molecule has 0 aromatic carbocycles. The van der Waals surface area contributed by atoms with Crippen LogP contribution in [0.2, 0.25) is 0 Å². The minimum absolute atomic E-state index is 0.208. The summed E-state index contributed by atoms with van der Waals surface area (Å²) in [5, 5.41) is 3.20. The normalized spacial score (nSPS) is 24.5. The van der Waals surface area contributed by atoms with Crippen LogP contribution in [0.5, 0.6) is 0 Å². The Kier molecular flexibility index (Phi) is 6.49. The molecule has 0 radical (unpaired) electrons. The van der Waals surface area contributed by atoms with E-state index in [1.54, 1.807) is 0 Å². The van der Waals surface area contributed by atoms with Gasteiger partial charge in [-0.25, -0.2) is 0 Å². The van der Waals surface area contributed by atoms with E-state index in [-0.39, 0.29) is 11.3 Å².